The number of rotatable bonds is 12. The normalized spacial score (nSPS) is 13.4. The van der Waals surface area contributed by atoms with E-state index < -0.39 is 0 Å². The van der Waals surface area contributed by atoms with Crippen molar-refractivity contribution in [3.05, 3.63) is 70.9 Å². The molecule has 0 aliphatic rings. The minimum Gasteiger partial charge on any atom is -0.0961 e. The molecular weight excluding hydrogens is 300 g/mol. The zero-order valence-corrected chi connectivity index (χ0v) is 17.6. The van der Waals surface area contributed by atoms with Crippen molar-refractivity contribution in [3.63, 3.8) is 0 Å². The van der Waals surface area contributed by atoms with Crippen molar-refractivity contribution in [2.45, 2.75) is 86.5 Å². The van der Waals surface area contributed by atoms with E-state index in [9.17, 15) is 0 Å². The van der Waals surface area contributed by atoms with Crippen molar-refractivity contribution in [2.24, 2.45) is 0 Å². The van der Waals surface area contributed by atoms with Crippen molar-refractivity contribution < 1.29 is 0 Å². The van der Waals surface area contributed by atoms with E-state index in [0.29, 0.717) is 0 Å². The summed E-state index contributed by atoms with van der Waals surface area (Å²) >= 11 is 0. The predicted molar refractivity (Wildman–Crippen MR) is 117 cm³/mol. The van der Waals surface area contributed by atoms with Crippen molar-refractivity contribution in [1.82, 2.24) is 0 Å². The molecular formula is C25H40. The molecule has 0 aliphatic heterocycles. The van der Waals surface area contributed by atoms with Crippen LogP contribution < -0.4 is 0 Å². The van der Waals surface area contributed by atoms with Gasteiger partial charge in [-0.15, -0.1) is 0 Å². The topological polar surface area (TPSA) is 0 Å². The van der Waals surface area contributed by atoms with Gasteiger partial charge in [0.05, 0.1) is 0 Å². The third kappa shape index (κ3) is 17.1. The maximum absolute atomic E-state index is 3.88. The molecule has 0 fully saturated rings. The molecule has 0 heteroatoms. The summed E-state index contributed by atoms with van der Waals surface area (Å²) < 4.78 is 0. The summed E-state index contributed by atoms with van der Waals surface area (Å²) in [4.78, 5) is 0. The van der Waals surface area contributed by atoms with Crippen molar-refractivity contribution in [3.8, 4) is 0 Å². The van der Waals surface area contributed by atoms with Gasteiger partial charge in [0.1, 0.15) is 0 Å². The van der Waals surface area contributed by atoms with Crippen LogP contribution in [0.4, 0.5) is 0 Å². The summed E-state index contributed by atoms with van der Waals surface area (Å²) in [7, 11) is 0. The van der Waals surface area contributed by atoms with Crippen LogP contribution in [0.15, 0.2) is 70.9 Å². The van der Waals surface area contributed by atoms with Gasteiger partial charge in [-0.1, -0.05) is 70.9 Å². The van der Waals surface area contributed by atoms with Crippen molar-refractivity contribution in [1.29, 1.82) is 0 Å². The molecule has 0 bridgehead atoms. The van der Waals surface area contributed by atoms with E-state index in [2.05, 4.69) is 77.7 Å². The third-order valence-electron chi connectivity index (χ3n) is 4.16. The van der Waals surface area contributed by atoms with Gasteiger partial charge in [-0.2, -0.15) is 0 Å². The molecule has 0 spiro atoms. The summed E-state index contributed by atoms with van der Waals surface area (Å²) in [5.41, 5.74) is 7.05. The first-order valence-electron chi connectivity index (χ1n) is 9.73. The number of hydrogen-bond acceptors (Lipinski definition) is 0. The smallest absolute Gasteiger partial charge is 0.0163 e. The Bertz CT molecular complexity index is 528. The molecule has 0 nitrogen and oxygen atoms in total. The Kier molecular flexibility index (Phi) is 13.8. The van der Waals surface area contributed by atoms with Crippen LogP contribution in [0.25, 0.3) is 0 Å². The first-order chi connectivity index (χ1) is 11.8. The lowest BCUT2D eigenvalue weighted by Crippen LogP contribution is -1.82. The highest BCUT2D eigenvalue weighted by Gasteiger charge is 1.93. The van der Waals surface area contributed by atoms with E-state index in [4.69, 9.17) is 0 Å². The third-order valence-corrected chi connectivity index (χ3v) is 4.16. The second-order valence-electron chi connectivity index (χ2n) is 7.53. The van der Waals surface area contributed by atoms with E-state index in [0.717, 1.165) is 24.8 Å². The molecule has 0 aromatic rings. The summed E-state index contributed by atoms with van der Waals surface area (Å²) in [6, 6.07) is 0. The molecule has 0 heterocycles. The standard InChI is InChI=1S/C25H40/c1-21(2)13-8-9-15-23(5)17-11-19-25(7)20-12-18-24(6)16-10-14-22(3)4/h8,13-15,18-19H,1,9-12,16-17,20H2,2-7H3/b13-8?,23-15+,24-18+,25-19+. The zero-order valence-electron chi connectivity index (χ0n) is 17.6. The lowest BCUT2D eigenvalue weighted by Gasteiger charge is -2.02. The molecule has 0 radical (unpaired) electrons. The summed E-state index contributed by atoms with van der Waals surface area (Å²) in [6.45, 7) is 17.0. The highest BCUT2D eigenvalue weighted by Crippen LogP contribution is 2.13. The van der Waals surface area contributed by atoms with Crippen molar-refractivity contribution in [2.75, 3.05) is 0 Å². The Morgan fingerprint density at radius 3 is 1.52 bits per heavy atom. The van der Waals surface area contributed by atoms with E-state index in [1.54, 1.807) is 0 Å². The van der Waals surface area contributed by atoms with Crippen LogP contribution in [0.3, 0.4) is 0 Å². The van der Waals surface area contributed by atoms with Crippen LogP contribution in [0.1, 0.15) is 86.5 Å². The molecule has 0 rings (SSSR count). The average Bonchev–Trinajstić information content (AvgIpc) is 2.51. The molecule has 25 heavy (non-hydrogen) atoms. The highest BCUT2D eigenvalue weighted by molar-refractivity contribution is 5.13. The molecule has 0 unspecified atom stereocenters. The molecule has 0 amide bonds. The second-order valence-corrected chi connectivity index (χ2v) is 7.53. The van der Waals surface area contributed by atoms with Crippen LogP contribution in [0.2, 0.25) is 0 Å². The second kappa shape index (κ2) is 14.8. The van der Waals surface area contributed by atoms with E-state index in [1.807, 2.05) is 6.92 Å². The Balaban J connectivity index is 4.03. The van der Waals surface area contributed by atoms with E-state index in [1.165, 1.54) is 48.0 Å². The zero-order chi connectivity index (χ0) is 19.1. The van der Waals surface area contributed by atoms with Crippen LogP contribution >= 0.6 is 0 Å². The average molecular weight is 341 g/mol. The molecule has 0 N–H and O–H groups in total. The fraction of sp³-hybridized carbons (Fsp3) is 0.520. The van der Waals surface area contributed by atoms with E-state index >= 15 is 0 Å². The molecule has 0 atom stereocenters. The minimum atomic E-state index is 1.01. The molecule has 0 aromatic heterocycles. The quantitative estimate of drug-likeness (QED) is 0.246. The minimum absolute atomic E-state index is 1.01. The van der Waals surface area contributed by atoms with Gasteiger partial charge >= 0.3 is 0 Å². The first-order valence-corrected chi connectivity index (χ1v) is 9.73. The Morgan fingerprint density at radius 1 is 0.640 bits per heavy atom. The van der Waals surface area contributed by atoms with Crippen LogP contribution in [-0.4, -0.2) is 0 Å². The van der Waals surface area contributed by atoms with Crippen LogP contribution in [-0.2, 0) is 0 Å². The highest BCUT2D eigenvalue weighted by atomic mass is 14.0. The van der Waals surface area contributed by atoms with Gasteiger partial charge in [0.2, 0.25) is 0 Å². The number of hydrogen-bond donors (Lipinski definition) is 0. The van der Waals surface area contributed by atoms with Crippen molar-refractivity contribution >= 4 is 0 Å². The van der Waals surface area contributed by atoms with Gasteiger partial charge in [0.25, 0.3) is 0 Å². The lowest BCUT2D eigenvalue weighted by atomic mass is 10.0. The van der Waals surface area contributed by atoms with Crippen LogP contribution in [0.5, 0.6) is 0 Å². The van der Waals surface area contributed by atoms with E-state index in [-0.39, 0.29) is 0 Å². The largest absolute Gasteiger partial charge is 0.0961 e. The molecule has 0 saturated heterocycles. The Morgan fingerprint density at radius 2 is 1.08 bits per heavy atom. The maximum atomic E-state index is 3.88. The fourth-order valence-electron chi connectivity index (χ4n) is 2.53. The van der Waals surface area contributed by atoms with Gasteiger partial charge in [-0.3, -0.25) is 0 Å². The van der Waals surface area contributed by atoms with Gasteiger partial charge in [-0.05, 0) is 86.5 Å². The molecule has 0 aromatic carbocycles. The molecule has 0 aliphatic carbocycles. The Hall–Kier alpha value is -1.56. The van der Waals surface area contributed by atoms with Crippen LogP contribution in [0, 0.1) is 0 Å². The fourth-order valence-corrected chi connectivity index (χ4v) is 2.53. The van der Waals surface area contributed by atoms with Gasteiger partial charge in [-0.25, -0.2) is 0 Å². The predicted octanol–water partition coefficient (Wildman–Crippen LogP) is 8.65. The SMILES string of the molecule is C=C(C)C=CC/C=C(\C)CC/C=C(\C)CC/C=C(\C)CCC=C(C)C. The number of allylic oxidation sites excluding steroid dienone is 11. The van der Waals surface area contributed by atoms with Gasteiger partial charge < -0.3 is 0 Å². The van der Waals surface area contributed by atoms with Gasteiger partial charge in [0.15, 0.2) is 0 Å². The molecule has 140 valence electrons. The van der Waals surface area contributed by atoms with Gasteiger partial charge in [0, 0.05) is 0 Å². The summed E-state index contributed by atoms with van der Waals surface area (Å²) in [5.74, 6) is 0. The summed E-state index contributed by atoms with van der Waals surface area (Å²) in [6.07, 6.45) is 21.8. The molecule has 0 saturated carbocycles. The maximum Gasteiger partial charge on any atom is -0.0163 e. The first kappa shape index (κ1) is 23.4. The lowest BCUT2D eigenvalue weighted by molar-refractivity contribution is 0.898. The Labute approximate surface area is 157 Å². The summed E-state index contributed by atoms with van der Waals surface area (Å²) in [5, 5.41) is 0. The monoisotopic (exact) mass is 340 g/mol.